The molecule has 0 amide bonds. The van der Waals surface area contributed by atoms with Crippen LogP contribution in [0.25, 0.3) is 0 Å². The van der Waals surface area contributed by atoms with Crippen LogP contribution in [0.3, 0.4) is 0 Å². The maximum atomic E-state index is 11.7. The fourth-order valence-electron chi connectivity index (χ4n) is 9.63. The average molecular weight is 429 g/mol. The summed E-state index contributed by atoms with van der Waals surface area (Å²) in [5.41, 5.74) is -0.0912. The van der Waals surface area contributed by atoms with Crippen molar-refractivity contribution in [3.8, 4) is 0 Å². The molecule has 0 aromatic carbocycles. The first kappa shape index (κ1) is 19.1. The molecule has 11 atom stereocenters. The number of fused-ring (bicyclic) bond motifs is 4. The Hall–Kier alpha value is -1.40. The number of carbonyl (C=O) groups excluding carboxylic acids is 2. The molecule has 1 spiro atoms. The van der Waals surface area contributed by atoms with E-state index in [9.17, 15) is 9.59 Å². The SMILES string of the molecule is C[C@]12CC[C@H](OC=O)C[C@H]1CC[C@@H]1[C@@H]2CC[C@]2(C)[C@H]([C@]34C=CC(=O)O[C@@H]3O4)C[C@H]3O[C@]132. The number of esters is 1. The molecule has 6 fully saturated rings. The molecular weight excluding hydrogens is 396 g/mol. The summed E-state index contributed by atoms with van der Waals surface area (Å²) in [5, 5.41) is 0. The second-order valence-corrected chi connectivity index (χ2v) is 11.8. The number of carbonyl (C=O) groups is 2. The van der Waals surface area contributed by atoms with E-state index in [1.54, 1.807) is 6.08 Å². The second kappa shape index (κ2) is 5.74. The monoisotopic (exact) mass is 428 g/mol. The smallest absolute Gasteiger partial charge is 0.332 e. The molecule has 0 unspecified atom stereocenters. The molecule has 4 saturated carbocycles. The molecule has 0 aromatic heterocycles. The third-order valence-corrected chi connectivity index (χ3v) is 11.2. The molecule has 6 nitrogen and oxygen atoms in total. The fraction of sp³-hybridized carbons (Fsp3) is 0.840. The van der Waals surface area contributed by atoms with Crippen molar-refractivity contribution >= 4 is 12.4 Å². The van der Waals surface area contributed by atoms with E-state index in [1.165, 1.54) is 19.3 Å². The van der Waals surface area contributed by atoms with Crippen LogP contribution in [-0.2, 0) is 28.5 Å². The van der Waals surface area contributed by atoms with Gasteiger partial charge in [0.2, 0.25) is 6.29 Å². The molecule has 2 saturated heterocycles. The molecule has 168 valence electrons. The van der Waals surface area contributed by atoms with Gasteiger partial charge in [-0.05, 0) is 80.6 Å². The zero-order valence-electron chi connectivity index (χ0n) is 18.4. The van der Waals surface area contributed by atoms with Gasteiger partial charge in [-0.15, -0.1) is 0 Å². The molecule has 7 aliphatic rings. The average Bonchev–Trinajstić information content (AvgIpc) is 3.63. The topological polar surface area (TPSA) is 77.7 Å². The summed E-state index contributed by atoms with van der Waals surface area (Å²) in [7, 11) is 0. The van der Waals surface area contributed by atoms with Crippen LogP contribution in [0.1, 0.15) is 65.2 Å². The van der Waals surface area contributed by atoms with Crippen LogP contribution in [0.5, 0.6) is 0 Å². The number of epoxide rings is 2. The van der Waals surface area contributed by atoms with E-state index in [-0.39, 0.29) is 23.1 Å². The lowest BCUT2D eigenvalue weighted by Crippen LogP contribution is -2.59. The van der Waals surface area contributed by atoms with E-state index in [1.807, 2.05) is 6.08 Å². The lowest BCUT2D eigenvalue weighted by Gasteiger charge is -2.61. The van der Waals surface area contributed by atoms with Gasteiger partial charge in [-0.1, -0.05) is 13.8 Å². The van der Waals surface area contributed by atoms with Crippen molar-refractivity contribution in [2.24, 2.45) is 34.5 Å². The van der Waals surface area contributed by atoms with Gasteiger partial charge in [0, 0.05) is 17.4 Å². The standard InChI is InChI=1S/C25H32O6/c1-22-8-5-15(28-13-26)11-14(22)3-4-17-16(22)6-9-23(2)18(12-19-25(17,23)30-19)24-10-7-20(27)29-21(24)31-24/h7,10,13-19,21H,3-6,8-9,11-12H2,1-2H3/t14-,15+,16+,17-,18-,19-,21-,22+,23-,24-,25-/m1/s1. The summed E-state index contributed by atoms with van der Waals surface area (Å²) in [6.45, 7) is 5.58. The highest BCUT2D eigenvalue weighted by Crippen LogP contribution is 2.79. The fourth-order valence-corrected chi connectivity index (χ4v) is 9.63. The molecule has 7 rings (SSSR count). The maximum Gasteiger partial charge on any atom is 0.332 e. The Balaban J connectivity index is 1.19. The largest absolute Gasteiger partial charge is 0.465 e. The normalized spacial score (nSPS) is 60.5. The van der Waals surface area contributed by atoms with Crippen molar-refractivity contribution in [3.05, 3.63) is 12.2 Å². The van der Waals surface area contributed by atoms with Crippen LogP contribution in [0.2, 0.25) is 0 Å². The van der Waals surface area contributed by atoms with Crippen molar-refractivity contribution in [3.63, 3.8) is 0 Å². The Bertz CT molecular complexity index is 885. The number of ether oxygens (including phenoxy) is 4. The summed E-state index contributed by atoms with van der Waals surface area (Å²) in [5.74, 6) is 1.96. The van der Waals surface area contributed by atoms with Crippen LogP contribution in [0, 0.1) is 34.5 Å². The molecule has 0 radical (unpaired) electrons. The Morgan fingerprint density at radius 1 is 1.06 bits per heavy atom. The zero-order valence-corrected chi connectivity index (χ0v) is 18.4. The van der Waals surface area contributed by atoms with Crippen molar-refractivity contribution in [2.45, 2.75) is 94.9 Å². The van der Waals surface area contributed by atoms with E-state index in [4.69, 9.17) is 18.9 Å². The molecule has 3 heterocycles. The quantitative estimate of drug-likeness (QED) is 0.389. The van der Waals surface area contributed by atoms with E-state index >= 15 is 0 Å². The minimum atomic E-state index is -0.426. The minimum absolute atomic E-state index is 0.0365. The van der Waals surface area contributed by atoms with E-state index in [0.717, 1.165) is 32.1 Å². The van der Waals surface area contributed by atoms with Crippen molar-refractivity contribution in [2.75, 3.05) is 0 Å². The van der Waals surface area contributed by atoms with E-state index in [0.29, 0.717) is 41.7 Å². The molecule has 3 aliphatic heterocycles. The molecule has 0 N–H and O–H groups in total. The van der Waals surface area contributed by atoms with Crippen LogP contribution < -0.4 is 0 Å². The Labute approximate surface area is 183 Å². The summed E-state index contributed by atoms with van der Waals surface area (Å²) >= 11 is 0. The van der Waals surface area contributed by atoms with Gasteiger partial charge in [0.15, 0.2) is 5.60 Å². The molecular formula is C25H32O6. The van der Waals surface area contributed by atoms with Crippen LogP contribution in [-0.4, -0.2) is 42.1 Å². The van der Waals surface area contributed by atoms with Crippen molar-refractivity contribution in [1.82, 2.24) is 0 Å². The van der Waals surface area contributed by atoms with Gasteiger partial charge in [-0.25, -0.2) is 4.79 Å². The molecule has 4 aliphatic carbocycles. The lowest BCUT2D eigenvalue weighted by atomic mass is 9.43. The minimum Gasteiger partial charge on any atom is -0.465 e. The Morgan fingerprint density at radius 3 is 2.74 bits per heavy atom. The lowest BCUT2D eigenvalue weighted by molar-refractivity contribution is -0.160. The van der Waals surface area contributed by atoms with Gasteiger partial charge >= 0.3 is 5.97 Å². The third kappa shape index (κ3) is 2.12. The van der Waals surface area contributed by atoms with Gasteiger partial charge in [0.1, 0.15) is 11.7 Å². The van der Waals surface area contributed by atoms with Gasteiger partial charge in [0.25, 0.3) is 6.47 Å². The first-order valence-electron chi connectivity index (χ1n) is 12.2. The number of hydrogen-bond donors (Lipinski definition) is 0. The summed E-state index contributed by atoms with van der Waals surface area (Å²) in [6, 6.07) is 0. The van der Waals surface area contributed by atoms with Crippen molar-refractivity contribution < 1.29 is 28.5 Å². The van der Waals surface area contributed by atoms with Gasteiger partial charge in [0.05, 0.1) is 6.10 Å². The Morgan fingerprint density at radius 2 is 1.94 bits per heavy atom. The van der Waals surface area contributed by atoms with E-state index < -0.39 is 11.9 Å². The first-order valence-corrected chi connectivity index (χ1v) is 12.2. The summed E-state index contributed by atoms with van der Waals surface area (Å²) in [4.78, 5) is 22.5. The van der Waals surface area contributed by atoms with E-state index in [2.05, 4.69) is 13.8 Å². The molecule has 0 aromatic rings. The molecule has 6 heteroatoms. The van der Waals surface area contributed by atoms with Crippen LogP contribution in [0.15, 0.2) is 12.2 Å². The first-order chi connectivity index (χ1) is 14.9. The second-order valence-electron chi connectivity index (χ2n) is 11.8. The van der Waals surface area contributed by atoms with Gasteiger partial charge in [-0.2, -0.15) is 0 Å². The highest BCUT2D eigenvalue weighted by Gasteiger charge is 2.85. The number of rotatable bonds is 3. The molecule has 0 bridgehead atoms. The maximum absolute atomic E-state index is 11.7. The van der Waals surface area contributed by atoms with Crippen LogP contribution >= 0.6 is 0 Å². The number of hydrogen-bond acceptors (Lipinski definition) is 6. The predicted molar refractivity (Wildman–Crippen MR) is 108 cm³/mol. The predicted octanol–water partition coefficient (Wildman–Crippen LogP) is 3.53. The third-order valence-electron chi connectivity index (χ3n) is 11.2. The van der Waals surface area contributed by atoms with Gasteiger partial charge in [-0.3, -0.25) is 4.79 Å². The Kier molecular flexibility index (Phi) is 3.54. The highest BCUT2D eigenvalue weighted by atomic mass is 16.8. The highest BCUT2D eigenvalue weighted by molar-refractivity contribution is 5.84. The van der Waals surface area contributed by atoms with Crippen LogP contribution in [0.4, 0.5) is 0 Å². The van der Waals surface area contributed by atoms with Crippen molar-refractivity contribution in [1.29, 1.82) is 0 Å². The molecule has 31 heavy (non-hydrogen) atoms. The summed E-state index contributed by atoms with van der Waals surface area (Å²) < 4.78 is 23.5. The van der Waals surface area contributed by atoms with Gasteiger partial charge < -0.3 is 18.9 Å². The zero-order chi connectivity index (χ0) is 21.2. The summed E-state index contributed by atoms with van der Waals surface area (Å²) in [6.07, 6.45) is 12.5.